The van der Waals surface area contributed by atoms with E-state index < -0.39 is 12.6 Å². The van der Waals surface area contributed by atoms with E-state index in [9.17, 15) is 9.59 Å². The Morgan fingerprint density at radius 1 is 0.846 bits per heavy atom. The highest BCUT2D eigenvalue weighted by atomic mass is 16.5. The van der Waals surface area contributed by atoms with Crippen LogP contribution in [0.5, 0.6) is 5.75 Å². The molecule has 0 aliphatic carbocycles. The van der Waals surface area contributed by atoms with Crippen molar-refractivity contribution in [1.82, 2.24) is 0 Å². The molecule has 2 aromatic carbocycles. The van der Waals surface area contributed by atoms with Crippen LogP contribution in [0.4, 0.5) is 0 Å². The van der Waals surface area contributed by atoms with Crippen molar-refractivity contribution in [3.63, 3.8) is 0 Å². The van der Waals surface area contributed by atoms with Gasteiger partial charge in [0.25, 0.3) is 0 Å². The maximum atomic E-state index is 11.5. The molecule has 0 radical (unpaired) electrons. The number of carbonyl (C=O) groups excluding carboxylic acids is 1. The van der Waals surface area contributed by atoms with Crippen LogP contribution in [0.2, 0.25) is 0 Å². The predicted molar refractivity (Wildman–Crippen MR) is 108 cm³/mol. The number of hydrogen-bond acceptors (Lipinski definition) is 3. The minimum absolute atomic E-state index is 0.0315. The van der Waals surface area contributed by atoms with Crippen molar-refractivity contribution in [2.75, 3.05) is 6.61 Å². The number of hydrogen-bond donors (Lipinski definition) is 1. The van der Waals surface area contributed by atoms with Gasteiger partial charge in [0.1, 0.15) is 5.75 Å². The molecule has 26 heavy (non-hydrogen) atoms. The van der Waals surface area contributed by atoms with Crippen LogP contribution in [-0.4, -0.2) is 23.5 Å². The fourth-order valence-corrected chi connectivity index (χ4v) is 1.84. The fraction of sp³-hybridized carbons (Fsp3) is 0.455. The molecular weight excluding hydrogens is 328 g/mol. The number of ketones is 1. The van der Waals surface area contributed by atoms with Gasteiger partial charge in [-0.1, -0.05) is 77.6 Å². The first kappa shape index (κ1) is 23.6. The Balaban J connectivity index is 0.000000662. The molecular formula is C22H32O4. The lowest BCUT2D eigenvalue weighted by molar-refractivity contribution is -0.139. The molecule has 0 unspecified atom stereocenters. The summed E-state index contributed by atoms with van der Waals surface area (Å²) in [5, 5.41) is 10.1. The van der Waals surface area contributed by atoms with Gasteiger partial charge in [0.2, 0.25) is 0 Å². The summed E-state index contributed by atoms with van der Waals surface area (Å²) in [6.07, 6.45) is 5.28. The minimum atomic E-state index is -1.03. The zero-order chi connectivity index (χ0) is 19.9. The summed E-state index contributed by atoms with van der Waals surface area (Å²) in [6.45, 7) is 9.82. The van der Waals surface area contributed by atoms with E-state index >= 15 is 0 Å². The van der Waals surface area contributed by atoms with Gasteiger partial charge >= 0.3 is 5.97 Å². The van der Waals surface area contributed by atoms with Gasteiger partial charge in [0.15, 0.2) is 12.4 Å². The third-order valence-electron chi connectivity index (χ3n) is 3.61. The van der Waals surface area contributed by atoms with E-state index in [4.69, 9.17) is 9.84 Å². The quantitative estimate of drug-likeness (QED) is 0.630. The molecule has 2 aromatic rings. The number of benzene rings is 2. The van der Waals surface area contributed by atoms with Crippen molar-refractivity contribution >= 4 is 22.5 Å². The van der Waals surface area contributed by atoms with Crippen molar-refractivity contribution in [1.29, 1.82) is 0 Å². The lowest BCUT2D eigenvalue weighted by atomic mass is 10.0. The van der Waals surface area contributed by atoms with Crippen molar-refractivity contribution in [3.05, 3.63) is 42.0 Å². The zero-order valence-electron chi connectivity index (χ0n) is 16.7. The number of carbonyl (C=O) groups is 2. The van der Waals surface area contributed by atoms with Gasteiger partial charge in [0.05, 0.1) is 0 Å². The Morgan fingerprint density at radius 2 is 1.35 bits per heavy atom. The van der Waals surface area contributed by atoms with E-state index in [0.717, 1.165) is 10.8 Å². The van der Waals surface area contributed by atoms with E-state index in [-0.39, 0.29) is 5.78 Å². The maximum absolute atomic E-state index is 11.5. The Kier molecular flexibility index (Phi) is 12.6. The SMILES string of the molecule is CC(=O)c1ccc(OCC(=O)O)c2ccccc12.CCCC.CCCC. The highest BCUT2D eigenvalue weighted by molar-refractivity contribution is 6.08. The van der Waals surface area contributed by atoms with Crippen LogP contribution in [0.3, 0.4) is 0 Å². The lowest BCUT2D eigenvalue weighted by Crippen LogP contribution is -2.09. The molecule has 0 atom stereocenters. The van der Waals surface area contributed by atoms with Crippen molar-refractivity contribution < 1.29 is 19.4 Å². The average molecular weight is 360 g/mol. The van der Waals surface area contributed by atoms with Crippen molar-refractivity contribution in [2.45, 2.75) is 60.3 Å². The summed E-state index contributed by atoms with van der Waals surface area (Å²) >= 11 is 0. The lowest BCUT2D eigenvalue weighted by Gasteiger charge is -2.09. The van der Waals surface area contributed by atoms with Crippen LogP contribution >= 0.6 is 0 Å². The third-order valence-corrected chi connectivity index (χ3v) is 3.61. The van der Waals surface area contributed by atoms with E-state index in [0.29, 0.717) is 11.3 Å². The third kappa shape index (κ3) is 8.65. The molecule has 2 rings (SSSR count). The van der Waals surface area contributed by atoms with Crippen LogP contribution in [0, 0.1) is 0 Å². The summed E-state index contributed by atoms with van der Waals surface area (Å²) in [6, 6.07) is 10.6. The summed E-state index contributed by atoms with van der Waals surface area (Å²) < 4.78 is 5.20. The first-order chi connectivity index (χ1) is 12.4. The summed E-state index contributed by atoms with van der Waals surface area (Å²) in [5.74, 6) is -0.594. The molecule has 0 aliphatic heterocycles. The predicted octanol–water partition coefficient (Wildman–Crippen LogP) is 6.12. The standard InChI is InChI=1S/C14H12O4.2C4H10/c1-9(15)10-6-7-13(18-8-14(16)17)12-5-3-2-4-11(10)12;2*1-3-4-2/h2-7H,8H2,1H3,(H,16,17);2*3-4H2,1-2H3. The second kappa shape index (κ2) is 13.9. The summed E-state index contributed by atoms with van der Waals surface area (Å²) in [4.78, 5) is 22.0. The molecule has 0 aliphatic rings. The van der Waals surface area contributed by atoms with E-state index in [1.165, 1.54) is 32.6 Å². The molecule has 0 aromatic heterocycles. The molecule has 0 saturated carbocycles. The van der Waals surface area contributed by atoms with Crippen LogP contribution < -0.4 is 4.74 Å². The molecule has 144 valence electrons. The number of rotatable bonds is 6. The number of unbranched alkanes of at least 4 members (excludes halogenated alkanes) is 2. The van der Waals surface area contributed by atoms with E-state index in [2.05, 4.69) is 27.7 Å². The molecule has 4 heteroatoms. The van der Waals surface area contributed by atoms with Crippen LogP contribution in [0.25, 0.3) is 10.8 Å². The highest BCUT2D eigenvalue weighted by Crippen LogP contribution is 2.28. The Morgan fingerprint density at radius 3 is 1.77 bits per heavy atom. The van der Waals surface area contributed by atoms with Gasteiger partial charge in [-0.05, 0) is 24.4 Å². The first-order valence-electron chi connectivity index (χ1n) is 9.29. The van der Waals surface area contributed by atoms with Gasteiger partial charge in [-0.2, -0.15) is 0 Å². The van der Waals surface area contributed by atoms with Crippen LogP contribution in [-0.2, 0) is 4.79 Å². The molecule has 0 fully saturated rings. The van der Waals surface area contributed by atoms with Crippen molar-refractivity contribution in [2.24, 2.45) is 0 Å². The molecule has 0 spiro atoms. The second-order valence-corrected chi connectivity index (χ2v) is 5.90. The largest absolute Gasteiger partial charge is 0.481 e. The number of Topliss-reactive ketones (excluding diaryl/α,β-unsaturated/α-hetero) is 1. The normalized spacial score (nSPS) is 9.42. The second-order valence-electron chi connectivity index (χ2n) is 5.90. The fourth-order valence-electron chi connectivity index (χ4n) is 1.84. The summed E-state index contributed by atoms with van der Waals surface area (Å²) in [5.41, 5.74) is 0.605. The average Bonchev–Trinajstić information content (AvgIpc) is 2.66. The first-order valence-corrected chi connectivity index (χ1v) is 9.29. The Hall–Kier alpha value is -2.36. The number of ether oxygens (including phenoxy) is 1. The molecule has 4 nitrogen and oxygen atoms in total. The smallest absolute Gasteiger partial charge is 0.341 e. The maximum Gasteiger partial charge on any atom is 0.341 e. The summed E-state index contributed by atoms with van der Waals surface area (Å²) in [7, 11) is 0. The Bertz CT molecular complexity index is 669. The number of carboxylic acids is 1. The number of carboxylic acid groups (broad SMARTS) is 1. The molecule has 0 amide bonds. The molecule has 1 N–H and O–H groups in total. The van der Waals surface area contributed by atoms with E-state index in [1.807, 2.05) is 18.2 Å². The van der Waals surface area contributed by atoms with E-state index in [1.54, 1.807) is 18.2 Å². The minimum Gasteiger partial charge on any atom is -0.481 e. The monoisotopic (exact) mass is 360 g/mol. The van der Waals surface area contributed by atoms with Crippen LogP contribution in [0.15, 0.2) is 36.4 Å². The van der Waals surface area contributed by atoms with Gasteiger partial charge < -0.3 is 9.84 Å². The van der Waals surface area contributed by atoms with Gasteiger partial charge in [-0.25, -0.2) is 4.79 Å². The van der Waals surface area contributed by atoms with Gasteiger partial charge in [-0.15, -0.1) is 0 Å². The molecule has 0 heterocycles. The number of fused-ring (bicyclic) bond motifs is 1. The molecule has 0 bridgehead atoms. The van der Waals surface area contributed by atoms with Gasteiger partial charge in [-0.3, -0.25) is 4.79 Å². The van der Waals surface area contributed by atoms with Crippen LogP contribution in [0.1, 0.15) is 70.7 Å². The number of aliphatic carboxylic acids is 1. The topological polar surface area (TPSA) is 63.6 Å². The highest BCUT2D eigenvalue weighted by Gasteiger charge is 2.10. The van der Waals surface area contributed by atoms with Crippen molar-refractivity contribution in [3.8, 4) is 5.75 Å². The molecule has 0 saturated heterocycles. The zero-order valence-corrected chi connectivity index (χ0v) is 16.7. The Labute approximate surface area is 157 Å². The van der Waals surface area contributed by atoms with Gasteiger partial charge in [0, 0.05) is 10.9 Å².